The van der Waals surface area contributed by atoms with Crippen LogP contribution in [-0.4, -0.2) is 47.1 Å². The van der Waals surface area contributed by atoms with Crippen molar-refractivity contribution in [3.8, 4) is 0 Å². The Kier molecular flexibility index (Phi) is 5.47. The van der Waals surface area contributed by atoms with Gasteiger partial charge in [-0.15, -0.1) is 0 Å². The molecule has 0 spiro atoms. The van der Waals surface area contributed by atoms with Crippen LogP contribution in [0.4, 0.5) is 0 Å². The van der Waals surface area contributed by atoms with Crippen LogP contribution in [0.1, 0.15) is 12.8 Å². The lowest BCUT2D eigenvalue weighted by Gasteiger charge is -2.22. The van der Waals surface area contributed by atoms with Crippen LogP contribution in [0.15, 0.2) is 0 Å². The highest BCUT2D eigenvalue weighted by molar-refractivity contribution is 6.03. The number of hydrogen-bond donors (Lipinski definition) is 4. The van der Waals surface area contributed by atoms with Crippen molar-refractivity contribution in [2.75, 3.05) is 13.1 Å². The number of rotatable bonds is 7. The molecular weight excluding hydrogens is 188 g/mol. The second-order valence-electron chi connectivity index (χ2n) is 3.05. The van der Waals surface area contributed by atoms with Crippen LogP contribution in [0.5, 0.6) is 0 Å². The topological polar surface area (TPSA) is 127 Å². The van der Waals surface area contributed by atoms with Crippen LogP contribution in [0.25, 0.3) is 0 Å². The Bertz CT molecular complexity index is 210. The Morgan fingerprint density at radius 1 is 1.50 bits per heavy atom. The minimum absolute atomic E-state index is 0.0944. The molecule has 0 aromatic heterocycles. The van der Waals surface area contributed by atoms with E-state index in [1.165, 1.54) is 0 Å². The molecule has 0 saturated carbocycles. The van der Waals surface area contributed by atoms with Gasteiger partial charge in [-0.3, -0.25) is 9.59 Å². The van der Waals surface area contributed by atoms with Crippen molar-refractivity contribution >= 4 is 12.1 Å². The molecule has 6 N–H and O–H groups in total. The van der Waals surface area contributed by atoms with E-state index >= 15 is 0 Å². The fraction of sp³-hybridized carbons (Fsp3) is 0.750. The maximum Gasteiger partial charge on any atom is 0.201 e. The van der Waals surface area contributed by atoms with E-state index in [0.717, 1.165) is 0 Å². The third-order valence-corrected chi connectivity index (χ3v) is 1.91. The van der Waals surface area contributed by atoms with Gasteiger partial charge in [-0.05, 0) is 19.4 Å². The zero-order valence-electron chi connectivity index (χ0n) is 7.85. The van der Waals surface area contributed by atoms with Crippen molar-refractivity contribution in [1.29, 1.82) is 0 Å². The van der Waals surface area contributed by atoms with Gasteiger partial charge in [0.25, 0.3) is 0 Å². The summed E-state index contributed by atoms with van der Waals surface area (Å²) in [5.74, 6) is -0.969. The molecule has 0 saturated heterocycles. The van der Waals surface area contributed by atoms with E-state index in [4.69, 9.17) is 16.6 Å². The van der Waals surface area contributed by atoms with Gasteiger partial charge < -0.3 is 21.7 Å². The second kappa shape index (κ2) is 5.82. The first-order valence-electron chi connectivity index (χ1n) is 4.33. The highest BCUT2D eigenvalue weighted by Crippen LogP contribution is 2.13. The molecule has 0 fully saturated rings. The Labute approximate surface area is 81.9 Å². The lowest BCUT2D eigenvalue weighted by molar-refractivity contribution is -0.151. The summed E-state index contributed by atoms with van der Waals surface area (Å²) in [6, 6.07) is 0. The van der Waals surface area contributed by atoms with Crippen molar-refractivity contribution in [2.45, 2.75) is 24.5 Å². The summed E-state index contributed by atoms with van der Waals surface area (Å²) in [7, 11) is 0. The van der Waals surface area contributed by atoms with Crippen molar-refractivity contribution in [2.24, 2.45) is 11.5 Å². The minimum Gasteiger partial charge on any atom is -0.384 e. The first-order chi connectivity index (χ1) is 6.51. The Morgan fingerprint density at radius 2 is 2.07 bits per heavy atom. The average Bonchev–Trinajstić information content (AvgIpc) is 2.23. The standard InChI is InChI=1S/C8H16N2O4/c9-3-1-2-8(14,5-11)7(13)6(12)4-10/h5-6,12,14H,1-4,9-10H2. The first-order valence-corrected chi connectivity index (χ1v) is 4.33. The maximum absolute atomic E-state index is 11.3. The van der Waals surface area contributed by atoms with Crippen molar-refractivity contribution < 1.29 is 19.8 Å². The van der Waals surface area contributed by atoms with Gasteiger partial charge in [0.1, 0.15) is 6.10 Å². The molecule has 6 heteroatoms. The highest BCUT2D eigenvalue weighted by atomic mass is 16.3. The second-order valence-corrected chi connectivity index (χ2v) is 3.05. The highest BCUT2D eigenvalue weighted by Gasteiger charge is 2.38. The number of carbonyl (C=O) groups excluding carboxylic acids is 2. The lowest BCUT2D eigenvalue weighted by atomic mass is 9.91. The molecule has 0 aliphatic heterocycles. The molecule has 0 amide bonds. The van der Waals surface area contributed by atoms with Crippen LogP contribution >= 0.6 is 0 Å². The van der Waals surface area contributed by atoms with Crippen molar-refractivity contribution in [3.63, 3.8) is 0 Å². The molecule has 0 heterocycles. The number of Topliss-reactive ketones (excluding diaryl/α,β-unsaturated/α-hetero) is 1. The smallest absolute Gasteiger partial charge is 0.201 e. The van der Waals surface area contributed by atoms with Crippen LogP contribution in [0.3, 0.4) is 0 Å². The Balaban J connectivity index is 4.50. The predicted molar refractivity (Wildman–Crippen MR) is 49.4 cm³/mol. The Hall–Kier alpha value is -0.820. The zero-order chi connectivity index (χ0) is 11.2. The predicted octanol–water partition coefficient (Wildman–Crippen LogP) is -2.46. The molecular formula is C8H16N2O4. The molecule has 0 bridgehead atoms. The van der Waals surface area contributed by atoms with Crippen LogP contribution < -0.4 is 11.5 Å². The third-order valence-electron chi connectivity index (χ3n) is 1.91. The lowest BCUT2D eigenvalue weighted by Crippen LogP contribution is -2.49. The van der Waals surface area contributed by atoms with E-state index in [1.54, 1.807) is 0 Å². The third kappa shape index (κ3) is 3.15. The summed E-state index contributed by atoms with van der Waals surface area (Å²) < 4.78 is 0. The van der Waals surface area contributed by atoms with Crippen molar-refractivity contribution in [1.82, 2.24) is 0 Å². The normalized spacial score (nSPS) is 17.1. The van der Waals surface area contributed by atoms with E-state index in [1.807, 2.05) is 0 Å². The maximum atomic E-state index is 11.3. The summed E-state index contributed by atoms with van der Waals surface area (Å²) >= 11 is 0. The number of hydrogen-bond acceptors (Lipinski definition) is 6. The summed E-state index contributed by atoms with van der Waals surface area (Å²) in [5, 5.41) is 18.6. The molecule has 2 atom stereocenters. The molecule has 0 aromatic carbocycles. The van der Waals surface area contributed by atoms with E-state index < -0.39 is 17.5 Å². The Morgan fingerprint density at radius 3 is 2.43 bits per heavy atom. The quantitative estimate of drug-likeness (QED) is 0.269. The van der Waals surface area contributed by atoms with Crippen LogP contribution in [0.2, 0.25) is 0 Å². The molecule has 0 rings (SSSR count). The summed E-state index contributed by atoms with van der Waals surface area (Å²) in [6.07, 6.45) is -1.17. The summed E-state index contributed by atoms with van der Waals surface area (Å²) in [4.78, 5) is 21.8. The average molecular weight is 204 g/mol. The molecule has 6 nitrogen and oxygen atoms in total. The van der Waals surface area contributed by atoms with Crippen LogP contribution in [0, 0.1) is 0 Å². The van der Waals surface area contributed by atoms with Gasteiger partial charge in [-0.2, -0.15) is 0 Å². The molecule has 0 radical (unpaired) electrons. The van der Waals surface area contributed by atoms with E-state index in [-0.39, 0.29) is 25.8 Å². The molecule has 82 valence electrons. The number of aliphatic hydroxyl groups is 2. The molecule has 0 aliphatic rings. The van der Waals surface area contributed by atoms with E-state index in [0.29, 0.717) is 6.42 Å². The summed E-state index contributed by atoms with van der Waals surface area (Å²) in [5.41, 5.74) is 8.05. The molecule has 14 heavy (non-hydrogen) atoms. The van der Waals surface area contributed by atoms with Gasteiger partial charge in [0, 0.05) is 6.54 Å². The van der Waals surface area contributed by atoms with Gasteiger partial charge in [-0.1, -0.05) is 0 Å². The SMILES string of the molecule is NCCCC(O)(C=O)C(=O)C(O)CN. The number of carbonyl (C=O) groups is 2. The first kappa shape index (κ1) is 13.2. The molecule has 2 unspecified atom stereocenters. The molecule has 0 aliphatic carbocycles. The largest absolute Gasteiger partial charge is 0.384 e. The fourth-order valence-electron chi connectivity index (χ4n) is 1.01. The minimum atomic E-state index is -2.15. The molecule has 0 aromatic rings. The zero-order valence-corrected chi connectivity index (χ0v) is 7.85. The number of nitrogens with two attached hydrogens (primary N) is 2. The van der Waals surface area contributed by atoms with Gasteiger partial charge in [-0.25, -0.2) is 0 Å². The monoisotopic (exact) mass is 204 g/mol. The van der Waals surface area contributed by atoms with Gasteiger partial charge in [0.15, 0.2) is 11.9 Å². The van der Waals surface area contributed by atoms with Gasteiger partial charge >= 0.3 is 0 Å². The van der Waals surface area contributed by atoms with Gasteiger partial charge in [0.2, 0.25) is 5.78 Å². The van der Waals surface area contributed by atoms with E-state index in [9.17, 15) is 14.7 Å². The fourth-order valence-corrected chi connectivity index (χ4v) is 1.01. The van der Waals surface area contributed by atoms with Crippen molar-refractivity contribution in [3.05, 3.63) is 0 Å². The number of ketones is 1. The van der Waals surface area contributed by atoms with E-state index in [2.05, 4.69) is 0 Å². The number of aliphatic hydroxyl groups excluding tert-OH is 1. The van der Waals surface area contributed by atoms with Gasteiger partial charge in [0.05, 0.1) is 0 Å². The summed E-state index contributed by atoms with van der Waals surface area (Å²) in [6.45, 7) is -0.0697. The number of aldehydes is 1. The van der Waals surface area contributed by atoms with Crippen LogP contribution in [-0.2, 0) is 9.59 Å².